The molecule has 9 heteroatoms. The number of carbonyl (C=O) groups is 3. The number of allylic oxidation sites excluding steroid dienone is 1. The number of benzene rings is 2. The van der Waals surface area contributed by atoms with Crippen LogP contribution in [0.15, 0.2) is 107 Å². The molecule has 220 valence electrons. The number of amides is 2. The fourth-order valence-electron chi connectivity index (χ4n) is 5.06. The number of rotatable bonds is 11. The average Bonchev–Trinajstić information content (AvgIpc) is 3.49. The van der Waals surface area contributed by atoms with Gasteiger partial charge in [-0.05, 0) is 67.9 Å². The summed E-state index contributed by atoms with van der Waals surface area (Å²) in [6, 6.07) is 25.7. The zero-order chi connectivity index (χ0) is 30.2. The molecular formula is C34H33N3O6. The standard InChI is InChI=1S/C34H33N3O6/c1-3-41-34(40)32-23(2)37(22-28-15-16-30(43-28)33(39)36-19-17-25-11-7-8-18-35-25)31(38)21-29(32)24-10-9-14-27(20-24)42-26-12-5-4-6-13-26/h4-16,18,20,29H,3,17,19,21-22H2,1-2H3,(H,36,39). The number of aromatic nitrogens is 1. The second-order valence-electron chi connectivity index (χ2n) is 10.0. The molecule has 0 bridgehead atoms. The van der Waals surface area contributed by atoms with Gasteiger partial charge in [-0.15, -0.1) is 0 Å². The van der Waals surface area contributed by atoms with Crippen molar-refractivity contribution in [3.8, 4) is 11.5 Å². The molecule has 3 heterocycles. The molecule has 2 amide bonds. The number of furan rings is 1. The van der Waals surface area contributed by atoms with E-state index in [-0.39, 0.29) is 37.1 Å². The van der Waals surface area contributed by atoms with Gasteiger partial charge in [0.25, 0.3) is 5.91 Å². The van der Waals surface area contributed by atoms with E-state index in [2.05, 4.69) is 10.3 Å². The minimum atomic E-state index is -0.515. The van der Waals surface area contributed by atoms with Crippen LogP contribution in [0.3, 0.4) is 0 Å². The molecule has 1 aliphatic heterocycles. The third-order valence-electron chi connectivity index (χ3n) is 7.15. The van der Waals surface area contributed by atoms with E-state index in [1.807, 2.05) is 72.8 Å². The lowest BCUT2D eigenvalue weighted by Gasteiger charge is -2.34. The largest absolute Gasteiger partial charge is 0.463 e. The van der Waals surface area contributed by atoms with E-state index in [0.29, 0.717) is 41.5 Å². The molecule has 0 radical (unpaired) electrons. The highest BCUT2D eigenvalue weighted by Crippen LogP contribution is 2.39. The second-order valence-corrected chi connectivity index (χ2v) is 10.0. The zero-order valence-electron chi connectivity index (χ0n) is 24.1. The summed E-state index contributed by atoms with van der Waals surface area (Å²) in [7, 11) is 0. The van der Waals surface area contributed by atoms with Crippen LogP contribution in [0.1, 0.15) is 53.8 Å². The number of nitrogens with one attached hydrogen (secondary N) is 1. The van der Waals surface area contributed by atoms with E-state index in [1.54, 1.807) is 32.2 Å². The van der Waals surface area contributed by atoms with Crippen molar-refractivity contribution in [2.45, 2.75) is 39.2 Å². The minimum absolute atomic E-state index is 0.0574. The highest BCUT2D eigenvalue weighted by atomic mass is 16.5. The van der Waals surface area contributed by atoms with Crippen LogP contribution < -0.4 is 10.1 Å². The Kier molecular flexibility index (Phi) is 9.31. The molecule has 0 fully saturated rings. The van der Waals surface area contributed by atoms with Gasteiger partial charge in [0.2, 0.25) is 5.91 Å². The van der Waals surface area contributed by atoms with Crippen LogP contribution in [-0.4, -0.2) is 40.8 Å². The van der Waals surface area contributed by atoms with E-state index < -0.39 is 11.9 Å². The van der Waals surface area contributed by atoms with E-state index in [4.69, 9.17) is 13.9 Å². The summed E-state index contributed by atoms with van der Waals surface area (Å²) in [4.78, 5) is 45.1. The topological polar surface area (TPSA) is 111 Å². The number of hydrogen-bond acceptors (Lipinski definition) is 7. The molecule has 1 atom stereocenters. The lowest BCUT2D eigenvalue weighted by molar-refractivity contribution is -0.140. The predicted molar refractivity (Wildman–Crippen MR) is 159 cm³/mol. The van der Waals surface area contributed by atoms with Gasteiger partial charge in [-0.1, -0.05) is 36.4 Å². The number of nitrogens with zero attached hydrogens (tertiary/aromatic N) is 2. The maximum absolute atomic E-state index is 13.5. The molecule has 5 rings (SSSR count). The normalized spacial score (nSPS) is 14.9. The Morgan fingerprint density at radius 1 is 1.00 bits per heavy atom. The van der Waals surface area contributed by atoms with Crippen LogP contribution >= 0.6 is 0 Å². The zero-order valence-corrected chi connectivity index (χ0v) is 24.1. The van der Waals surface area contributed by atoms with E-state index in [1.165, 1.54) is 4.90 Å². The van der Waals surface area contributed by atoms with Crippen molar-refractivity contribution in [1.29, 1.82) is 0 Å². The van der Waals surface area contributed by atoms with Crippen LogP contribution in [0.25, 0.3) is 0 Å². The first-order valence-corrected chi connectivity index (χ1v) is 14.2. The average molecular weight is 580 g/mol. The first kappa shape index (κ1) is 29.3. The van der Waals surface area contributed by atoms with Crippen LogP contribution in [0.4, 0.5) is 0 Å². The van der Waals surface area contributed by atoms with Crippen molar-refractivity contribution in [3.63, 3.8) is 0 Å². The molecule has 43 heavy (non-hydrogen) atoms. The molecule has 9 nitrogen and oxygen atoms in total. The fourth-order valence-corrected chi connectivity index (χ4v) is 5.06. The number of ether oxygens (including phenoxy) is 2. The molecule has 0 aliphatic carbocycles. The van der Waals surface area contributed by atoms with Crippen LogP contribution in [0.5, 0.6) is 11.5 Å². The lowest BCUT2D eigenvalue weighted by atomic mass is 9.83. The molecule has 1 aliphatic rings. The summed E-state index contributed by atoms with van der Waals surface area (Å²) in [6.45, 7) is 4.15. The molecule has 1 unspecified atom stereocenters. The Balaban J connectivity index is 1.33. The molecular weight excluding hydrogens is 546 g/mol. The number of para-hydroxylation sites is 1. The second kappa shape index (κ2) is 13.7. The third-order valence-corrected chi connectivity index (χ3v) is 7.15. The van der Waals surface area contributed by atoms with Gasteiger partial charge in [-0.3, -0.25) is 14.6 Å². The first-order valence-electron chi connectivity index (χ1n) is 14.2. The van der Waals surface area contributed by atoms with E-state index >= 15 is 0 Å². The first-order chi connectivity index (χ1) is 20.9. The SMILES string of the molecule is CCOC(=O)C1=C(C)N(Cc2ccc(C(=O)NCCc3ccccn3)o2)C(=O)CC1c1cccc(Oc2ccccc2)c1. The Hall–Kier alpha value is -5.18. The Morgan fingerprint density at radius 3 is 2.56 bits per heavy atom. The van der Waals surface area contributed by atoms with E-state index in [9.17, 15) is 14.4 Å². The smallest absolute Gasteiger partial charge is 0.336 e. The Morgan fingerprint density at radius 2 is 1.79 bits per heavy atom. The minimum Gasteiger partial charge on any atom is -0.463 e. The monoisotopic (exact) mass is 579 g/mol. The molecule has 1 N–H and O–H groups in total. The van der Waals surface area contributed by atoms with Crippen molar-refractivity contribution in [1.82, 2.24) is 15.2 Å². The van der Waals surface area contributed by atoms with Gasteiger partial charge in [0.15, 0.2) is 5.76 Å². The Bertz CT molecular complexity index is 1610. The number of carbonyl (C=O) groups excluding carboxylic acids is 3. The number of hydrogen-bond donors (Lipinski definition) is 1. The maximum atomic E-state index is 13.5. The summed E-state index contributed by atoms with van der Waals surface area (Å²) in [5.74, 6) is 0.308. The third kappa shape index (κ3) is 7.19. The van der Waals surface area contributed by atoms with Crippen molar-refractivity contribution in [2.24, 2.45) is 0 Å². The predicted octanol–water partition coefficient (Wildman–Crippen LogP) is 5.79. The molecule has 2 aromatic carbocycles. The van der Waals surface area contributed by atoms with Gasteiger partial charge in [-0.25, -0.2) is 4.79 Å². The number of esters is 1. The number of pyridine rings is 1. The summed E-state index contributed by atoms with van der Waals surface area (Å²) in [6.07, 6.45) is 2.36. The van der Waals surface area contributed by atoms with Crippen molar-refractivity contribution in [3.05, 3.63) is 125 Å². The van der Waals surface area contributed by atoms with Gasteiger partial charge in [0.05, 0.1) is 18.7 Å². The van der Waals surface area contributed by atoms with Gasteiger partial charge in [-0.2, -0.15) is 0 Å². The summed E-state index contributed by atoms with van der Waals surface area (Å²) < 4.78 is 17.2. The summed E-state index contributed by atoms with van der Waals surface area (Å²) in [5.41, 5.74) is 2.52. The van der Waals surface area contributed by atoms with Crippen molar-refractivity contribution in [2.75, 3.05) is 13.2 Å². The lowest BCUT2D eigenvalue weighted by Crippen LogP contribution is -2.38. The molecule has 4 aromatic rings. The van der Waals surface area contributed by atoms with Crippen LogP contribution in [0.2, 0.25) is 0 Å². The van der Waals surface area contributed by atoms with Gasteiger partial charge < -0.3 is 24.1 Å². The molecule has 0 saturated carbocycles. The van der Waals surface area contributed by atoms with Crippen molar-refractivity contribution < 1.29 is 28.3 Å². The Labute approximate surface area is 250 Å². The highest BCUT2D eigenvalue weighted by Gasteiger charge is 2.37. The summed E-state index contributed by atoms with van der Waals surface area (Å²) >= 11 is 0. The molecule has 2 aromatic heterocycles. The fraction of sp³-hybridized carbons (Fsp3) is 0.235. The highest BCUT2D eigenvalue weighted by molar-refractivity contribution is 5.96. The molecule has 0 saturated heterocycles. The van der Waals surface area contributed by atoms with E-state index in [0.717, 1.165) is 11.3 Å². The molecule has 0 spiro atoms. The van der Waals surface area contributed by atoms with Crippen LogP contribution in [-0.2, 0) is 27.3 Å². The summed E-state index contributed by atoms with van der Waals surface area (Å²) in [5, 5.41) is 2.83. The van der Waals surface area contributed by atoms with Crippen molar-refractivity contribution >= 4 is 17.8 Å². The quantitative estimate of drug-likeness (QED) is 0.224. The van der Waals surface area contributed by atoms with Gasteiger partial charge in [0.1, 0.15) is 17.3 Å². The van der Waals surface area contributed by atoms with Gasteiger partial charge in [0, 0.05) is 42.9 Å². The maximum Gasteiger partial charge on any atom is 0.336 e. The van der Waals surface area contributed by atoms with Gasteiger partial charge >= 0.3 is 5.97 Å². The van der Waals surface area contributed by atoms with Crippen LogP contribution in [0, 0.1) is 0 Å².